The lowest BCUT2D eigenvalue weighted by Crippen LogP contribution is -2.35. The van der Waals surface area contributed by atoms with Crippen molar-refractivity contribution in [2.75, 3.05) is 13.7 Å². The molecular formula is C19H21N3O4. The lowest BCUT2D eigenvalue weighted by atomic mass is 9.96. The van der Waals surface area contributed by atoms with Gasteiger partial charge in [-0.05, 0) is 48.3 Å². The van der Waals surface area contributed by atoms with E-state index in [1.165, 1.54) is 20.0 Å². The lowest BCUT2D eigenvalue weighted by Gasteiger charge is -2.19. The topological polar surface area (TPSA) is 104 Å². The van der Waals surface area contributed by atoms with Crippen LogP contribution in [0.15, 0.2) is 24.4 Å². The maximum atomic E-state index is 11.8. The van der Waals surface area contributed by atoms with Crippen molar-refractivity contribution in [2.24, 2.45) is 17.6 Å². The van der Waals surface area contributed by atoms with Crippen LogP contribution < -0.4 is 20.5 Å². The first kappa shape index (κ1) is 16.6. The number of methoxy groups -OCH3 is 1. The molecule has 2 aliphatic rings. The van der Waals surface area contributed by atoms with Gasteiger partial charge in [0.05, 0.1) is 18.7 Å². The summed E-state index contributed by atoms with van der Waals surface area (Å²) < 4.78 is 11.2. The van der Waals surface area contributed by atoms with Gasteiger partial charge in [-0.25, -0.2) is 4.98 Å². The Morgan fingerprint density at radius 2 is 2.19 bits per heavy atom. The number of carbonyl (C=O) groups excluding carboxylic acids is 2. The zero-order valence-electron chi connectivity index (χ0n) is 14.5. The number of benzene rings is 1. The van der Waals surface area contributed by atoms with Crippen molar-refractivity contribution in [1.82, 2.24) is 10.3 Å². The molecule has 1 aromatic heterocycles. The van der Waals surface area contributed by atoms with E-state index < -0.39 is 5.91 Å². The third-order valence-corrected chi connectivity index (χ3v) is 5.22. The van der Waals surface area contributed by atoms with Gasteiger partial charge >= 0.3 is 0 Å². The molecule has 1 aliphatic heterocycles. The SMILES string of the molecule is COc1cc2c(OC[C@H]3NC(=O)C[C@H]3C3CC3)nccc2cc1C(N)=O. The first-order valence-electron chi connectivity index (χ1n) is 8.75. The highest BCUT2D eigenvalue weighted by molar-refractivity contribution is 6.01. The first-order valence-corrected chi connectivity index (χ1v) is 8.75. The number of primary amides is 1. The minimum Gasteiger partial charge on any atom is -0.496 e. The van der Waals surface area contributed by atoms with Gasteiger partial charge in [-0.3, -0.25) is 9.59 Å². The average Bonchev–Trinajstić information content (AvgIpc) is 3.41. The highest BCUT2D eigenvalue weighted by Gasteiger charge is 2.42. The van der Waals surface area contributed by atoms with Crippen LogP contribution in [0.5, 0.6) is 11.6 Å². The molecule has 7 nitrogen and oxygen atoms in total. The van der Waals surface area contributed by atoms with Gasteiger partial charge in [0.25, 0.3) is 5.91 Å². The number of nitrogens with one attached hydrogen (secondary N) is 1. The van der Waals surface area contributed by atoms with Crippen LogP contribution >= 0.6 is 0 Å². The number of carbonyl (C=O) groups is 2. The maximum absolute atomic E-state index is 11.8. The van der Waals surface area contributed by atoms with Gasteiger partial charge in [-0.2, -0.15) is 0 Å². The summed E-state index contributed by atoms with van der Waals surface area (Å²) in [7, 11) is 1.48. The number of pyridine rings is 1. The van der Waals surface area contributed by atoms with Crippen molar-refractivity contribution in [3.8, 4) is 11.6 Å². The minimum atomic E-state index is -0.552. The summed E-state index contributed by atoms with van der Waals surface area (Å²) in [5.74, 6) is 1.34. The van der Waals surface area contributed by atoms with Crippen molar-refractivity contribution in [3.05, 3.63) is 30.0 Å². The molecule has 0 bridgehead atoms. The minimum absolute atomic E-state index is 0.0128. The van der Waals surface area contributed by atoms with Crippen LogP contribution in [0.1, 0.15) is 29.6 Å². The van der Waals surface area contributed by atoms with E-state index in [2.05, 4.69) is 10.3 Å². The summed E-state index contributed by atoms with van der Waals surface area (Å²) >= 11 is 0. The molecule has 136 valence electrons. The second kappa shape index (κ2) is 6.48. The molecule has 1 aromatic carbocycles. The molecule has 2 aromatic rings. The summed E-state index contributed by atoms with van der Waals surface area (Å²) in [4.78, 5) is 27.7. The standard InChI is InChI=1S/C19H21N3O4/c1-25-16-7-13-11(6-14(16)18(20)24)4-5-21-19(13)26-9-15-12(10-2-3-10)8-17(23)22-15/h4-7,10,12,15H,2-3,8-9H2,1H3,(H2,20,24)(H,22,23)/t12-,15+/m0/s1. The third kappa shape index (κ3) is 3.05. The Morgan fingerprint density at radius 1 is 1.38 bits per heavy atom. The molecule has 2 fully saturated rings. The smallest absolute Gasteiger partial charge is 0.252 e. The molecule has 0 spiro atoms. The van der Waals surface area contributed by atoms with Gasteiger partial charge in [0.1, 0.15) is 12.4 Å². The van der Waals surface area contributed by atoms with Gasteiger partial charge in [-0.15, -0.1) is 0 Å². The molecule has 0 radical (unpaired) electrons. The quantitative estimate of drug-likeness (QED) is 0.820. The lowest BCUT2D eigenvalue weighted by molar-refractivity contribution is -0.119. The number of ether oxygens (including phenoxy) is 2. The second-order valence-electron chi connectivity index (χ2n) is 6.94. The predicted octanol–water partition coefficient (Wildman–Crippen LogP) is 1.64. The van der Waals surface area contributed by atoms with Gasteiger partial charge in [-0.1, -0.05) is 0 Å². The Labute approximate surface area is 150 Å². The Bertz CT molecular complexity index is 878. The number of aromatic nitrogens is 1. The average molecular weight is 355 g/mol. The van der Waals surface area contributed by atoms with Crippen LogP contribution in [0.3, 0.4) is 0 Å². The summed E-state index contributed by atoms with van der Waals surface area (Å²) in [5, 5.41) is 4.54. The third-order valence-electron chi connectivity index (χ3n) is 5.22. The first-order chi connectivity index (χ1) is 12.6. The molecule has 1 saturated heterocycles. The monoisotopic (exact) mass is 355 g/mol. The zero-order valence-corrected chi connectivity index (χ0v) is 14.5. The summed E-state index contributed by atoms with van der Waals surface area (Å²) in [5.41, 5.74) is 5.73. The van der Waals surface area contributed by atoms with Crippen molar-refractivity contribution < 1.29 is 19.1 Å². The number of hydrogen-bond donors (Lipinski definition) is 2. The number of fused-ring (bicyclic) bond motifs is 1. The molecule has 2 atom stereocenters. The fourth-order valence-corrected chi connectivity index (χ4v) is 3.73. The van der Waals surface area contributed by atoms with Crippen molar-refractivity contribution in [1.29, 1.82) is 0 Å². The Hall–Kier alpha value is -2.83. The molecule has 3 N–H and O–H groups in total. The molecule has 0 unspecified atom stereocenters. The summed E-state index contributed by atoms with van der Waals surface area (Å²) in [6.45, 7) is 0.374. The fraction of sp³-hybridized carbons (Fsp3) is 0.421. The van der Waals surface area contributed by atoms with Crippen LogP contribution in [0.4, 0.5) is 0 Å². The number of amides is 2. The number of nitrogens with two attached hydrogens (primary N) is 1. The maximum Gasteiger partial charge on any atom is 0.252 e. The number of rotatable bonds is 6. The van der Waals surface area contributed by atoms with Gasteiger partial charge in [0, 0.05) is 18.0 Å². The van der Waals surface area contributed by atoms with Crippen molar-refractivity contribution in [2.45, 2.75) is 25.3 Å². The molecular weight excluding hydrogens is 334 g/mol. The molecule has 2 heterocycles. The Morgan fingerprint density at radius 3 is 2.88 bits per heavy atom. The highest BCUT2D eigenvalue weighted by atomic mass is 16.5. The van der Waals surface area contributed by atoms with Crippen LogP contribution in [-0.4, -0.2) is 36.6 Å². The van der Waals surface area contributed by atoms with Gasteiger partial charge < -0.3 is 20.5 Å². The van der Waals surface area contributed by atoms with Crippen molar-refractivity contribution in [3.63, 3.8) is 0 Å². The molecule has 1 aliphatic carbocycles. The van der Waals surface area contributed by atoms with E-state index in [9.17, 15) is 9.59 Å². The largest absolute Gasteiger partial charge is 0.496 e. The van der Waals surface area contributed by atoms with Gasteiger partial charge in [0.2, 0.25) is 11.8 Å². The molecule has 4 rings (SSSR count). The summed E-state index contributed by atoms with van der Waals surface area (Å²) in [6, 6.07) is 5.19. The Kier molecular flexibility index (Phi) is 4.14. The predicted molar refractivity (Wildman–Crippen MR) is 95.1 cm³/mol. The molecule has 26 heavy (non-hydrogen) atoms. The van der Waals surface area contributed by atoms with E-state index >= 15 is 0 Å². The number of nitrogens with zero attached hydrogens (tertiary/aromatic N) is 1. The van der Waals surface area contributed by atoms with E-state index in [0.717, 1.165) is 10.8 Å². The second-order valence-corrected chi connectivity index (χ2v) is 6.94. The van der Waals surface area contributed by atoms with Crippen molar-refractivity contribution >= 4 is 22.6 Å². The van der Waals surface area contributed by atoms with Crippen LogP contribution in [0, 0.1) is 11.8 Å². The number of hydrogen-bond acceptors (Lipinski definition) is 5. The van der Waals surface area contributed by atoms with E-state index in [-0.39, 0.29) is 11.9 Å². The van der Waals surface area contributed by atoms with E-state index in [4.69, 9.17) is 15.2 Å². The van der Waals surface area contributed by atoms with Crippen LogP contribution in [0.25, 0.3) is 10.8 Å². The van der Waals surface area contributed by atoms with Gasteiger partial charge in [0.15, 0.2) is 0 Å². The van der Waals surface area contributed by atoms with E-state index in [0.29, 0.717) is 42.1 Å². The fourth-order valence-electron chi connectivity index (χ4n) is 3.73. The molecule has 2 amide bonds. The van der Waals surface area contributed by atoms with E-state index in [1.54, 1.807) is 24.4 Å². The molecule has 7 heteroatoms. The highest BCUT2D eigenvalue weighted by Crippen LogP contribution is 2.42. The zero-order chi connectivity index (χ0) is 18.3. The molecule has 1 saturated carbocycles. The summed E-state index contributed by atoms with van der Waals surface area (Å²) in [6.07, 6.45) is 4.59. The van der Waals surface area contributed by atoms with E-state index in [1.807, 2.05) is 0 Å². The van der Waals surface area contributed by atoms with Crippen LogP contribution in [-0.2, 0) is 4.79 Å². The normalized spacial score (nSPS) is 22.3. The Balaban J connectivity index is 1.60. The van der Waals surface area contributed by atoms with Crippen LogP contribution in [0.2, 0.25) is 0 Å².